The van der Waals surface area contributed by atoms with E-state index in [4.69, 9.17) is 5.73 Å². The van der Waals surface area contributed by atoms with Gasteiger partial charge in [-0.05, 0) is 38.2 Å². The molecular formula is C12H23N3. The Kier molecular flexibility index (Phi) is 4.33. The molecule has 15 heavy (non-hydrogen) atoms. The fourth-order valence-corrected chi connectivity index (χ4v) is 1.86. The molecule has 2 N–H and O–H groups in total. The van der Waals surface area contributed by atoms with Crippen LogP contribution in [-0.2, 0) is 19.4 Å². The number of nitrogens with zero attached hydrogens (tertiary/aromatic N) is 2. The number of hydrogen-bond donors (Lipinski definition) is 1. The number of aryl methyl sites for hydroxylation is 1. The maximum absolute atomic E-state index is 5.84. The van der Waals surface area contributed by atoms with Crippen molar-refractivity contribution in [2.45, 2.75) is 53.1 Å². The maximum atomic E-state index is 5.84. The Hall–Kier alpha value is -0.830. The summed E-state index contributed by atoms with van der Waals surface area (Å²) in [6.45, 7) is 9.60. The summed E-state index contributed by atoms with van der Waals surface area (Å²) in [4.78, 5) is 0. The summed E-state index contributed by atoms with van der Waals surface area (Å²) in [5.74, 6) is 0.666. The van der Waals surface area contributed by atoms with Gasteiger partial charge in [-0.15, -0.1) is 0 Å². The fraction of sp³-hybridized carbons (Fsp3) is 0.750. The Morgan fingerprint density at radius 3 is 2.47 bits per heavy atom. The predicted molar refractivity (Wildman–Crippen MR) is 63.8 cm³/mol. The molecule has 0 aliphatic carbocycles. The van der Waals surface area contributed by atoms with E-state index in [1.165, 1.54) is 11.3 Å². The van der Waals surface area contributed by atoms with Crippen molar-refractivity contribution in [3.8, 4) is 0 Å². The van der Waals surface area contributed by atoms with Gasteiger partial charge in [-0.2, -0.15) is 5.10 Å². The van der Waals surface area contributed by atoms with E-state index in [1.54, 1.807) is 0 Å². The summed E-state index contributed by atoms with van der Waals surface area (Å²) in [5.41, 5.74) is 8.52. The molecule has 1 atom stereocenters. The zero-order valence-electron chi connectivity index (χ0n) is 10.3. The minimum Gasteiger partial charge on any atom is -0.328 e. The average Bonchev–Trinajstić information content (AvgIpc) is 2.47. The van der Waals surface area contributed by atoms with Gasteiger partial charge in [-0.1, -0.05) is 13.8 Å². The van der Waals surface area contributed by atoms with Crippen LogP contribution in [0.5, 0.6) is 0 Å². The third-order valence-corrected chi connectivity index (χ3v) is 2.48. The number of aromatic nitrogens is 2. The molecule has 0 saturated heterocycles. The molecule has 0 amide bonds. The van der Waals surface area contributed by atoms with Crippen molar-refractivity contribution in [1.82, 2.24) is 9.78 Å². The normalized spacial score (nSPS) is 13.5. The van der Waals surface area contributed by atoms with E-state index < -0.39 is 0 Å². The topological polar surface area (TPSA) is 43.8 Å². The van der Waals surface area contributed by atoms with Crippen molar-refractivity contribution < 1.29 is 0 Å². The summed E-state index contributed by atoms with van der Waals surface area (Å²) in [5, 5.41) is 4.40. The van der Waals surface area contributed by atoms with E-state index in [2.05, 4.69) is 30.6 Å². The summed E-state index contributed by atoms with van der Waals surface area (Å²) >= 11 is 0. The van der Waals surface area contributed by atoms with Gasteiger partial charge in [0.25, 0.3) is 0 Å². The van der Waals surface area contributed by atoms with Gasteiger partial charge in [0.05, 0.1) is 6.20 Å². The largest absolute Gasteiger partial charge is 0.328 e. The first kappa shape index (κ1) is 12.2. The van der Waals surface area contributed by atoms with Crippen molar-refractivity contribution >= 4 is 0 Å². The minimum atomic E-state index is 0.213. The van der Waals surface area contributed by atoms with Crippen LogP contribution in [0.15, 0.2) is 6.20 Å². The molecule has 1 aromatic heterocycles. The molecule has 0 aliphatic rings. The molecule has 0 spiro atoms. The summed E-state index contributed by atoms with van der Waals surface area (Å²) in [6.07, 6.45) is 4.00. The van der Waals surface area contributed by atoms with Crippen LogP contribution in [0.3, 0.4) is 0 Å². The molecule has 0 bridgehead atoms. The lowest BCUT2D eigenvalue weighted by Gasteiger charge is -2.11. The highest BCUT2D eigenvalue weighted by atomic mass is 15.3. The zero-order chi connectivity index (χ0) is 11.4. The van der Waals surface area contributed by atoms with Gasteiger partial charge in [0.2, 0.25) is 0 Å². The standard InChI is InChI=1S/C12H23N3/c1-5-15-12(6-9(2)3)11(8-14-15)7-10(4)13/h8-10H,5-7,13H2,1-4H3. The second-order valence-electron chi connectivity index (χ2n) is 4.71. The van der Waals surface area contributed by atoms with Crippen molar-refractivity contribution in [2.75, 3.05) is 0 Å². The second-order valence-corrected chi connectivity index (χ2v) is 4.71. The zero-order valence-corrected chi connectivity index (χ0v) is 10.3. The van der Waals surface area contributed by atoms with Gasteiger partial charge < -0.3 is 5.73 Å². The number of rotatable bonds is 5. The lowest BCUT2D eigenvalue weighted by Crippen LogP contribution is -2.19. The van der Waals surface area contributed by atoms with E-state index >= 15 is 0 Å². The Bertz CT molecular complexity index is 300. The smallest absolute Gasteiger partial charge is 0.0525 e. The monoisotopic (exact) mass is 209 g/mol. The lowest BCUT2D eigenvalue weighted by atomic mass is 10.0. The Labute approximate surface area is 92.7 Å². The molecule has 1 unspecified atom stereocenters. The van der Waals surface area contributed by atoms with Gasteiger partial charge in [0.1, 0.15) is 0 Å². The number of hydrogen-bond acceptors (Lipinski definition) is 2. The molecule has 0 aromatic carbocycles. The van der Waals surface area contributed by atoms with Crippen LogP contribution in [0.1, 0.15) is 39.0 Å². The average molecular weight is 209 g/mol. The van der Waals surface area contributed by atoms with Crippen LogP contribution in [0, 0.1) is 5.92 Å². The summed E-state index contributed by atoms with van der Waals surface area (Å²) in [6, 6.07) is 0.213. The molecule has 3 nitrogen and oxygen atoms in total. The number of nitrogens with two attached hydrogens (primary N) is 1. The first-order chi connectivity index (χ1) is 7.04. The predicted octanol–water partition coefficient (Wildman–Crippen LogP) is 1.99. The Morgan fingerprint density at radius 1 is 1.33 bits per heavy atom. The molecule has 1 rings (SSSR count). The molecule has 1 heterocycles. The molecule has 0 aliphatic heterocycles. The van der Waals surface area contributed by atoms with E-state index in [0.29, 0.717) is 5.92 Å². The van der Waals surface area contributed by atoms with Gasteiger partial charge in [0.15, 0.2) is 0 Å². The van der Waals surface area contributed by atoms with E-state index in [9.17, 15) is 0 Å². The third kappa shape index (κ3) is 3.34. The lowest BCUT2D eigenvalue weighted by molar-refractivity contribution is 0.557. The summed E-state index contributed by atoms with van der Waals surface area (Å²) < 4.78 is 2.09. The second kappa shape index (κ2) is 5.31. The van der Waals surface area contributed by atoms with Gasteiger partial charge in [0, 0.05) is 18.3 Å². The van der Waals surface area contributed by atoms with Gasteiger partial charge in [-0.25, -0.2) is 0 Å². The van der Waals surface area contributed by atoms with Crippen LogP contribution >= 0.6 is 0 Å². The minimum absolute atomic E-state index is 0.213. The highest BCUT2D eigenvalue weighted by Gasteiger charge is 2.12. The van der Waals surface area contributed by atoms with Crippen LogP contribution in [0.4, 0.5) is 0 Å². The van der Waals surface area contributed by atoms with Crippen LogP contribution in [-0.4, -0.2) is 15.8 Å². The molecule has 86 valence electrons. The SMILES string of the molecule is CCn1ncc(CC(C)N)c1CC(C)C. The van der Waals surface area contributed by atoms with Crippen LogP contribution in [0.25, 0.3) is 0 Å². The van der Waals surface area contributed by atoms with Crippen molar-refractivity contribution in [1.29, 1.82) is 0 Å². The molecule has 3 heteroatoms. The van der Waals surface area contributed by atoms with Crippen molar-refractivity contribution in [3.63, 3.8) is 0 Å². The quantitative estimate of drug-likeness (QED) is 0.806. The van der Waals surface area contributed by atoms with E-state index in [1.807, 2.05) is 13.1 Å². The Morgan fingerprint density at radius 2 is 2.00 bits per heavy atom. The third-order valence-electron chi connectivity index (χ3n) is 2.48. The fourth-order valence-electron chi connectivity index (χ4n) is 1.86. The highest BCUT2D eigenvalue weighted by molar-refractivity contribution is 5.19. The van der Waals surface area contributed by atoms with Crippen molar-refractivity contribution in [3.05, 3.63) is 17.5 Å². The van der Waals surface area contributed by atoms with E-state index in [-0.39, 0.29) is 6.04 Å². The molecule has 1 aromatic rings. The highest BCUT2D eigenvalue weighted by Crippen LogP contribution is 2.15. The summed E-state index contributed by atoms with van der Waals surface area (Å²) in [7, 11) is 0. The van der Waals surface area contributed by atoms with Crippen molar-refractivity contribution in [2.24, 2.45) is 11.7 Å². The molecule has 0 fully saturated rings. The molecular weight excluding hydrogens is 186 g/mol. The maximum Gasteiger partial charge on any atom is 0.0525 e. The first-order valence-electron chi connectivity index (χ1n) is 5.83. The van der Waals surface area contributed by atoms with E-state index in [0.717, 1.165) is 19.4 Å². The molecule has 0 saturated carbocycles. The Balaban J connectivity index is 2.89. The van der Waals surface area contributed by atoms with Gasteiger partial charge in [-0.3, -0.25) is 4.68 Å². The van der Waals surface area contributed by atoms with Gasteiger partial charge >= 0.3 is 0 Å². The first-order valence-corrected chi connectivity index (χ1v) is 5.83. The molecule has 0 radical (unpaired) electrons. The van der Waals surface area contributed by atoms with Crippen LogP contribution < -0.4 is 5.73 Å². The van der Waals surface area contributed by atoms with Crippen LogP contribution in [0.2, 0.25) is 0 Å².